The van der Waals surface area contributed by atoms with Crippen LogP contribution in [0.15, 0.2) is 103 Å². The van der Waals surface area contributed by atoms with Crippen LogP contribution in [0.4, 0.5) is 28.4 Å². The first-order valence-electron chi connectivity index (χ1n) is 16.3. The molecule has 4 nitrogen and oxygen atoms in total. The van der Waals surface area contributed by atoms with E-state index in [0.29, 0.717) is 0 Å². The number of nitrogens with zero attached hydrogens (tertiary/aromatic N) is 2. The van der Waals surface area contributed by atoms with Crippen molar-refractivity contribution in [2.24, 2.45) is 0 Å². The Kier molecular flexibility index (Phi) is 3.92. The molecule has 0 aliphatic carbocycles. The third-order valence-corrected chi connectivity index (χ3v) is 11.2. The zero-order valence-corrected chi connectivity index (χ0v) is 25.7. The van der Waals surface area contributed by atoms with E-state index in [9.17, 15) is 0 Å². The van der Waals surface area contributed by atoms with Crippen LogP contribution in [0.5, 0.6) is 23.0 Å². The summed E-state index contributed by atoms with van der Waals surface area (Å²) in [6, 6.07) is 38.1. The highest BCUT2D eigenvalue weighted by Crippen LogP contribution is 2.55. The van der Waals surface area contributed by atoms with Gasteiger partial charge in [-0.3, -0.25) is 0 Å². The molecule has 12 rings (SSSR count). The van der Waals surface area contributed by atoms with Crippen molar-refractivity contribution in [2.45, 2.75) is 26.2 Å². The lowest BCUT2D eigenvalue weighted by Gasteiger charge is -2.53. The summed E-state index contributed by atoms with van der Waals surface area (Å²) in [7, 11) is 0. The maximum Gasteiger partial charge on any atom is 0.333 e. The lowest BCUT2D eigenvalue weighted by molar-refractivity contribution is 0.458. The fourth-order valence-electron chi connectivity index (χ4n) is 9.32. The van der Waals surface area contributed by atoms with E-state index in [1.54, 1.807) is 0 Å². The van der Waals surface area contributed by atoms with Crippen LogP contribution in [0.2, 0.25) is 0 Å². The predicted molar refractivity (Wildman–Crippen MR) is 189 cm³/mol. The maximum atomic E-state index is 6.89. The third kappa shape index (κ3) is 2.55. The molecule has 0 spiro atoms. The van der Waals surface area contributed by atoms with Gasteiger partial charge in [-0.25, -0.2) is 0 Å². The monoisotopic (exact) mass is 588 g/mol. The first-order valence-corrected chi connectivity index (χ1v) is 16.3. The molecule has 6 aromatic rings. The van der Waals surface area contributed by atoms with E-state index < -0.39 is 0 Å². The Morgan fingerprint density at radius 2 is 1.09 bits per heavy atom. The zero-order chi connectivity index (χ0) is 30.2. The quantitative estimate of drug-likeness (QED) is 0.199. The third-order valence-electron chi connectivity index (χ3n) is 11.2. The molecule has 0 aromatic heterocycles. The lowest BCUT2D eigenvalue weighted by atomic mass is 9.30. The number of benzene rings is 6. The van der Waals surface area contributed by atoms with Crippen LogP contribution in [0.3, 0.4) is 0 Å². The summed E-state index contributed by atoms with van der Waals surface area (Å²) in [6.07, 6.45) is 0. The van der Waals surface area contributed by atoms with E-state index in [1.807, 2.05) is 0 Å². The Morgan fingerprint density at radius 3 is 1.63 bits per heavy atom. The fourth-order valence-corrected chi connectivity index (χ4v) is 9.32. The van der Waals surface area contributed by atoms with Gasteiger partial charge in [0.05, 0.1) is 0 Å². The molecule has 0 fully saturated rings. The van der Waals surface area contributed by atoms with Gasteiger partial charge in [-0.2, -0.15) is 0 Å². The van der Waals surface area contributed by atoms with Crippen LogP contribution in [0.25, 0.3) is 22.3 Å². The van der Waals surface area contributed by atoms with Gasteiger partial charge < -0.3 is 19.2 Å². The molecule has 6 aliphatic rings. The van der Waals surface area contributed by atoms with Gasteiger partial charge in [0.15, 0.2) is 0 Å². The van der Waals surface area contributed by atoms with E-state index >= 15 is 0 Å². The molecule has 0 bridgehead atoms. The molecule has 0 unspecified atom stereocenters. The Labute approximate surface area is 268 Å². The fraction of sp³-hybridized carbons (Fsp3) is 0.100. The van der Waals surface area contributed by atoms with Crippen molar-refractivity contribution in [3.8, 4) is 45.3 Å². The summed E-state index contributed by atoms with van der Waals surface area (Å²) in [5.74, 6) is 3.75. The van der Waals surface area contributed by atoms with E-state index in [1.165, 1.54) is 78.1 Å². The molecule has 6 heterocycles. The number of ether oxygens (including phenoxy) is 2. The Balaban J connectivity index is 1.25. The minimum Gasteiger partial charge on any atom is -0.458 e. The molecule has 6 heteroatoms. The Hall–Kier alpha value is -5.35. The van der Waals surface area contributed by atoms with Crippen molar-refractivity contribution in [1.82, 2.24) is 0 Å². The molecule has 6 aromatic carbocycles. The summed E-state index contributed by atoms with van der Waals surface area (Å²) >= 11 is 0. The number of hydrogen-bond donors (Lipinski definition) is 0. The molecule has 6 aliphatic heterocycles. The average molecular weight is 588 g/mol. The Bertz CT molecular complexity index is 2310. The predicted octanol–water partition coefficient (Wildman–Crippen LogP) is 6.71. The number of hydrogen-bond acceptors (Lipinski definition) is 4. The largest absolute Gasteiger partial charge is 0.458 e. The van der Waals surface area contributed by atoms with Gasteiger partial charge in [-0.15, -0.1) is 0 Å². The normalized spacial score (nSPS) is 15.5. The summed E-state index contributed by atoms with van der Waals surface area (Å²) in [5, 5.41) is 0. The molecular weight excluding hydrogens is 562 g/mol. The number of para-hydroxylation sites is 1. The minimum atomic E-state index is -0.0364. The van der Waals surface area contributed by atoms with Crippen molar-refractivity contribution in [1.29, 1.82) is 0 Å². The Morgan fingerprint density at radius 1 is 0.522 bits per heavy atom. The van der Waals surface area contributed by atoms with Crippen LogP contribution in [0.1, 0.15) is 26.3 Å². The van der Waals surface area contributed by atoms with Crippen molar-refractivity contribution in [3.05, 3.63) is 109 Å². The molecule has 0 atom stereocenters. The van der Waals surface area contributed by atoms with Crippen LogP contribution < -0.4 is 46.5 Å². The van der Waals surface area contributed by atoms with Gasteiger partial charge in [-0.1, -0.05) is 63.2 Å². The lowest BCUT2D eigenvalue weighted by Crippen LogP contribution is -2.70. The van der Waals surface area contributed by atoms with Crippen molar-refractivity contribution >= 4 is 69.3 Å². The maximum absolute atomic E-state index is 6.89. The SMILES string of the molecule is CC(C)(C)c1cc2c3c(c1)Oc1ccc4c5c1B3c1c(ccc3c1N5B1c5c-3cccc5N(c3ccccc3)c3cccc-4c31)O2. The molecule has 0 amide bonds. The van der Waals surface area contributed by atoms with Crippen molar-refractivity contribution in [2.75, 3.05) is 9.71 Å². The molecule has 0 saturated carbocycles. The van der Waals surface area contributed by atoms with E-state index in [2.05, 4.69) is 134 Å². The van der Waals surface area contributed by atoms with E-state index in [0.717, 1.165) is 28.5 Å². The van der Waals surface area contributed by atoms with Crippen LogP contribution >= 0.6 is 0 Å². The highest BCUT2D eigenvalue weighted by Gasteiger charge is 2.56. The highest BCUT2D eigenvalue weighted by molar-refractivity contribution is 7.04. The second-order valence-corrected chi connectivity index (χ2v) is 14.4. The van der Waals surface area contributed by atoms with Gasteiger partial charge >= 0.3 is 6.85 Å². The van der Waals surface area contributed by atoms with E-state index in [-0.39, 0.29) is 19.0 Å². The molecular formula is C40H26B2N2O2. The first kappa shape index (κ1) is 24.0. The van der Waals surface area contributed by atoms with Gasteiger partial charge in [0.25, 0.3) is 6.71 Å². The summed E-state index contributed by atoms with van der Waals surface area (Å²) in [6.45, 7) is 6.84. The minimum absolute atomic E-state index is 0.0364. The van der Waals surface area contributed by atoms with Crippen LogP contribution in [0, 0.1) is 0 Å². The molecule has 0 radical (unpaired) electrons. The molecule has 0 N–H and O–H groups in total. The molecule has 46 heavy (non-hydrogen) atoms. The van der Waals surface area contributed by atoms with E-state index in [4.69, 9.17) is 9.47 Å². The highest BCUT2D eigenvalue weighted by atomic mass is 16.5. The van der Waals surface area contributed by atoms with Gasteiger partial charge in [0.2, 0.25) is 0 Å². The average Bonchev–Trinajstić information content (AvgIpc) is 3.07. The number of fused-ring (bicyclic) bond motifs is 2. The van der Waals surface area contributed by atoms with Crippen molar-refractivity contribution in [3.63, 3.8) is 0 Å². The molecule has 214 valence electrons. The summed E-state index contributed by atoms with van der Waals surface area (Å²) in [5.41, 5.74) is 19.0. The van der Waals surface area contributed by atoms with Crippen LogP contribution in [-0.2, 0) is 5.41 Å². The summed E-state index contributed by atoms with van der Waals surface area (Å²) in [4.78, 5) is 5.13. The smallest absolute Gasteiger partial charge is 0.333 e. The van der Waals surface area contributed by atoms with Crippen LogP contribution in [-0.4, -0.2) is 13.6 Å². The van der Waals surface area contributed by atoms with Gasteiger partial charge in [0, 0.05) is 45.0 Å². The zero-order valence-electron chi connectivity index (χ0n) is 25.7. The topological polar surface area (TPSA) is 24.9 Å². The number of rotatable bonds is 1. The van der Waals surface area contributed by atoms with Gasteiger partial charge in [-0.05, 0) is 105 Å². The van der Waals surface area contributed by atoms with Crippen molar-refractivity contribution < 1.29 is 9.47 Å². The molecule has 0 saturated heterocycles. The second-order valence-electron chi connectivity index (χ2n) is 14.4. The second kappa shape index (κ2) is 7.54. The number of anilines is 5. The standard InChI is InChI=1S/C40H26B2N2O2/c1-40(2,3)21-19-31-35-32(20-21)46-30-18-16-26-24-12-8-14-28-34(24)42-33-23(11-7-13-27(33)43(28)22-9-5-4-6-10-22)25-15-17-29(45-31)36-38(25)44(42)39(26)37(30)41(35)36/h4-20H,1-3H3. The van der Waals surface area contributed by atoms with Gasteiger partial charge in [0.1, 0.15) is 23.0 Å². The summed E-state index contributed by atoms with van der Waals surface area (Å²) < 4.78 is 13.8. The first-order chi connectivity index (χ1) is 22.5.